The van der Waals surface area contributed by atoms with E-state index >= 15 is 0 Å². The summed E-state index contributed by atoms with van der Waals surface area (Å²) in [6.07, 6.45) is 6.10. The van der Waals surface area contributed by atoms with Crippen LogP contribution in [0.2, 0.25) is 0 Å². The molecule has 0 aliphatic carbocycles. The van der Waals surface area contributed by atoms with Crippen molar-refractivity contribution in [3.05, 3.63) is 12.2 Å². The van der Waals surface area contributed by atoms with E-state index < -0.39 is 124 Å². The van der Waals surface area contributed by atoms with Crippen molar-refractivity contribution in [3.8, 4) is 0 Å². The molecule has 12 N–H and O–H groups in total. The Hall–Kier alpha value is -1.47. The van der Waals surface area contributed by atoms with Gasteiger partial charge in [0.05, 0.1) is 38.6 Å². The molecule has 71 heavy (non-hydrogen) atoms. The first-order valence-electron chi connectivity index (χ1n) is 27.4. The van der Waals surface area contributed by atoms with Crippen LogP contribution < -0.4 is 5.32 Å². The molecule has 0 spiro atoms. The van der Waals surface area contributed by atoms with Gasteiger partial charge in [-0.15, -0.1) is 0 Å². The van der Waals surface area contributed by atoms with Crippen LogP contribution in [0.25, 0.3) is 0 Å². The van der Waals surface area contributed by atoms with Gasteiger partial charge in [-0.3, -0.25) is 4.79 Å². The standard InChI is InChI=1S/C52H97NO18/c1-3-5-7-9-11-13-14-15-16-17-18-19-20-22-24-26-28-30-40(58)53-35(36(57)29-27-25-23-21-12-10-8-6-4-2)34-66-50-46(64)43(61)48(38(32-55)68-50)71-52-47(65)44(62)49(39(33-56)69-52)70-51-45(63)42(60)41(59)37(31-54)67-51/h15-16,35-39,41-52,54-57,59-65H,3-14,17-34H2,1-2H3,(H,53,58)/b16-15-. The molecular weight excluding hydrogens is 927 g/mol. The van der Waals surface area contributed by atoms with Crippen LogP contribution >= 0.6 is 0 Å². The second kappa shape index (κ2) is 37.3. The molecular formula is C52H97NO18. The third-order valence-electron chi connectivity index (χ3n) is 14.1. The summed E-state index contributed by atoms with van der Waals surface area (Å²) in [4.78, 5) is 13.2. The number of hydrogen-bond acceptors (Lipinski definition) is 18. The molecule has 17 unspecified atom stereocenters. The van der Waals surface area contributed by atoms with Gasteiger partial charge in [0.25, 0.3) is 0 Å². The number of ether oxygens (including phenoxy) is 6. The van der Waals surface area contributed by atoms with Crippen molar-refractivity contribution in [1.29, 1.82) is 0 Å². The van der Waals surface area contributed by atoms with Crippen molar-refractivity contribution in [2.24, 2.45) is 0 Å². The molecule has 3 saturated heterocycles. The number of amides is 1. The maximum absolute atomic E-state index is 13.2. The number of aliphatic hydroxyl groups excluding tert-OH is 11. The molecule has 1 amide bonds. The molecule has 418 valence electrons. The zero-order valence-corrected chi connectivity index (χ0v) is 43.0. The SMILES string of the molecule is CCCCCCCC/C=C\CCCCCCCCCC(=O)NC(COC1OC(CO)C(OC2OC(CO)C(OC3OC(CO)C(O)C(O)C3O)C(O)C2O)C(O)C1O)C(O)CCCCCCCCCCC. The van der Waals surface area contributed by atoms with Gasteiger partial charge >= 0.3 is 0 Å². The predicted molar refractivity (Wildman–Crippen MR) is 263 cm³/mol. The molecule has 19 nitrogen and oxygen atoms in total. The van der Waals surface area contributed by atoms with Crippen molar-refractivity contribution in [3.63, 3.8) is 0 Å². The molecule has 0 aromatic carbocycles. The molecule has 0 aromatic rings. The predicted octanol–water partition coefficient (Wildman–Crippen LogP) is 3.04. The molecule has 17 atom stereocenters. The average molecular weight is 1020 g/mol. The molecule has 3 rings (SSSR count). The van der Waals surface area contributed by atoms with Gasteiger partial charge in [0, 0.05) is 6.42 Å². The Bertz CT molecular complexity index is 1360. The van der Waals surface area contributed by atoms with Gasteiger partial charge in [0.2, 0.25) is 5.91 Å². The van der Waals surface area contributed by atoms with Crippen molar-refractivity contribution in [1.82, 2.24) is 5.32 Å². The maximum Gasteiger partial charge on any atom is 0.220 e. The Morgan fingerprint density at radius 1 is 0.493 bits per heavy atom. The number of unbranched alkanes of at least 4 members (excludes halogenated alkanes) is 21. The zero-order chi connectivity index (χ0) is 52.0. The lowest BCUT2D eigenvalue weighted by Gasteiger charge is -2.48. The van der Waals surface area contributed by atoms with Gasteiger partial charge < -0.3 is 89.9 Å². The van der Waals surface area contributed by atoms with Gasteiger partial charge in [0.1, 0.15) is 73.2 Å². The van der Waals surface area contributed by atoms with Crippen LogP contribution in [0.3, 0.4) is 0 Å². The fourth-order valence-corrected chi connectivity index (χ4v) is 9.48. The van der Waals surface area contributed by atoms with E-state index in [2.05, 4.69) is 31.3 Å². The summed E-state index contributed by atoms with van der Waals surface area (Å²) in [6, 6.07) is -0.883. The highest BCUT2D eigenvalue weighted by Crippen LogP contribution is 2.33. The molecule has 0 radical (unpaired) electrons. The lowest BCUT2D eigenvalue weighted by atomic mass is 9.96. The van der Waals surface area contributed by atoms with Gasteiger partial charge in [0.15, 0.2) is 18.9 Å². The smallest absolute Gasteiger partial charge is 0.220 e. The van der Waals surface area contributed by atoms with Crippen LogP contribution in [-0.4, -0.2) is 193 Å². The van der Waals surface area contributed by atoms with Crippen molar-refractivity contribution in [2.45, 2.75) is 285 Å². The fraction of sp³-hybridized carbons (Fsp3) is 0.942. The van der Waals surface area contributed by atoms with E-state index in [9.17, 15) is 61.0 Å². The second-order valence-electron chi connectivity index (χ2n) is 20.0. The molecule has 3 fully saturated rings. The summed E-state index contributed by atoms with van der Waals surface area (Å²) in [5, 5.41) is 120. The second-order valence-corrected chi connectivity index (χ2v) is 20.0. The zero-order valence-electron chi connectivity index (χ0n) is 43.0. The molecule has 3 heterocycles. The Balaban J connectivity index is 1.51. The van der Waals surface area contributed by atoms with E-state index in [0.717, 1.165) is 57.8 Å². The van der Waals surface area contributed by atoms with E-state index in [1.54, 1.807) is 0 Å². The first-order chi connectivity index (χ1) is 34.3. The van der Waals surface area contributed by atoms with Crippen LogP contribution in [0, 0.1) is 0 Å². The van der Waals surface area contributed by atoms with Crippen molar-refractivity contribution < 1.29 is 89.4 Å². The molecule has 0 saturated carbocycles. The van der Waals surface area contributed by atoms with Crippen LogP contribution in [0.5, 0.6) is 0 Å². The monoisotopic (exact) mass is 1020 g/mol. The highest BCUT2D eigenvalue weighted by molar-refractivity contribution is 5.76. The minimum Gasteiger partial charge on any atom is -0.394 e. The molecule has 0 bridgehead atoms. The first-order valence-corrected chi connectivity index (χ1v) is 27.4. The quantitative estimate of drug-likeness (QED) is 0.0311. The maximum atomic E-state index is 13.2. The molecule has 0 aromatic heterocycles. The summed E-state index contributed by atoms with van der Waals surface area (Å²) >= 11 is 0. The summed E-state index contributed by atoms with van der Waals surface area (Å²) in [5.41, 5.74) is 0. The van der Waals surface area contributed by atoms with E-state index in [0.29, 0.717) is 12.8 Å². The largest absolute Gasteiger partial charge is 0.394 e. The average Bonchev–Trinajstić information content (AvgIpc) is 3.36. The third kappa shape index (κ3) is 22.7. The van der Waals surface area contributed by atoms with Crippen LogP contribution in [-0.2, 0) is 33.2 Å². The number of nitrogens with one attached hydrogen (secondary N) is 1. The van der Waals surface area contributed by atoms with E-state index in [4.69, 9.17) is 28.4 Å². The number of rotatable bonds is 39. The number of allylic oxidation sites excluding steroid dienone is 2. The fourth-order valence-electron chi connectivity index (χ4n) is 9.48. The minimum absolute atomic E-state index is 0.250. The van der Waals surface area contributed by atoms with Crippen LogP contribution in [0.4, 0.5) is 0 Å². The summed E-state index contributed by atoms with van der Waals surface area (Å²) in [7, 11) is 0. The molecule has 3 aliphatic heterocycles. The Morgan fingerprint density at radius 3 is 1.37 bits per heavy atom. The Kier molecular flexibility index (Phi) is 33.5. The minimum atomic E-state index is -1.97. The van der Waals surface area contributed by atoms with Gasteiger partial charge in [-0.05, 0) is 38.5 Å². The van der Waals surface area contributed by atoms with E-state index in [-0.39, 0.29) is 18.9 Å². The summed E-state index contributed by atoms with van der Waals surface area (Å²) in [5.74, 6) is -0.250. The van der Waals surface area contributed by atoms with Gasteiger partial charge in [-0.1, -0.05) is 148 Å². The van der Waals surface area contributed by atoms with Crippen LogP contribution in [0.15, 0.2) is 12.2 Å². The normalized spacial score (nSPS) is 32.3. The van der Waals surface area contributed by atoms with Crippen LogP contribution in [0.1, 0.15) is 181 Å². The van der Waals surface area contributed by atoms with E-state index in [1.807, 2.05) is 0 Å². The number of carbonyl (C=O) groups excluding carboxylic acids is 1. The lowest BCUT2D eigenvalue weighted by Crippen LogP contribution is -2.66. The number of aliphatic hydroxyl groups is 11. The lowest BCUT2D eigenvalue weighted by molar-refractivity contribution is -0.379. The van der Waals surface area contributed by atoms with Crippen molar-refractivity contribution in [2.75, 3.05) is 26.4 Å². The molecule has 19 heteroatoms. The summed E-state index contributed by atoms with van der Waals surface area (Å²) < 4.78 is 34.2. The number of hydrogen-bond donors (Lipinski definition) is 12. The third-order valence-corrected chi connectivity index (χ3v) is 14.1. The topological polar surface area (TPSA) is 307 Å². The van der Waals surface area contributed by atoms with E-state index in [1.165, 1.54) is 89.9 Å². The Labute approximate surface area is 423 Å². The Morgan fingerprint density at radius 2 is 0.887 bits per heavy atom. The highest BCUT2D eigenvalue weighted by Gasteiger charge is 2.53. The number of carbonyl (C=O) groups is 1. The van der Waals surface area contributed by atoms with Gasteiger partial charge in [-0.25, -0.2) is 0 Å². The summed E-state index contributed by atoms with van der Waals surface area (Å²) in [6.45, 7) is 1.73. The van der Waals surface area contributed by atoms with Crippen molar-refractivity contribution >= 4 is 5.91 Å². The van der Waals surface area contributed by atoms with Gasteiger partial charge in [-0.2, -0.15) is 0 Å². The molecule has 3 aliphatic rings. The highest BCUT2D eigenvalue weighted by atomic mass is 16.8. The first kappa shape index (κ1) is 63.8.